The van der Waals surface area contributed by atoms with Crippen molar-refractivity contribution in [1.82, 2.24) is 4.98 Å². The summed E-state index contributed by atoms with van der Waals surface area (Å²) in [5.74, 6) is 0. The van der Waals surface area contributed by atoms with Crippen LogP contribution in [0, 0.1) is 14.9 Å². The normalized spacial score (nSPS) is 10.1. The average molecular weight is 315 g/mol. The van der Waals surface area contributed by atoms with E-state index in [9.17, 15) is 0 Å². The highest BCUT2D eigenvalue weighted by Crippen LogP contribution is 2.26. The number of nitrogens with zero attached hydrogens (tertiary/aromatic N) is 2. The van der Waals surface area contributed by atoms with Gasteiger partial charge in [-0.2, -0.15) is 5.26 Å². The van der Waals surface area contributed by atoms with Crippen LogP contribution in [0.4, 0.5) is 0 Å². The zero-order valence-electron chi connectivity index (χ0n) is 6.96. The first kappa shape index (κ1) is 9.69. The third-order valence-electron chi connectivity index (χ3n) is 1.90. The maximum atomic E-state index is 9.00. The minimum absolute atomic E-state index is 0.390. The van der Waals surface area contributed by atoms with E-state index in [2.05, 4.69) is 11.1 Å². The molecule has 0 aliphatic carbocycles. The van der Waals surface area contributed by atoms with Crippen molar-refractivity contribution in [3.8, 4) is 6.07 Å². The second-order valence-corrected chi connectivity index (χ2v) is 4.16. The van der Waals surface area contributed by atoms with Crippen molar-refractivity contribution in [3.05, 3.63) is 38.6 Å². The molecule has 68 valence electrons. The monoisotopic (exact) mass is 314 g/mol. The Labute approximate surface area is 99.7 Å². The number of pyridine rings is 1. The Bertz CT molecular complexity index is 546. The molecule has 14 heavy (non-hydrogen) atoms. The summed E-state index contributed by atoms with van der Waals surface area (Å²) in [4.78, 5) is 4.19. The van der Waals surface area contributed by atoms with Gasteiger partial charge in [0.2, 0.25) is 0 Å². The van der Waals surface area contributed by atoms with Crippen molar-refractivity contribution in [2.75, 3.05) is 0 Å². The lowest BCUT2D eigenvalue weighted by Crippen LogP contribution is -1.90. The summed E-state index contributed by atoms with van der Waals surface area (Å²) >= 11 is 7.94. The van der Waals surface area contributed by atoms with Crippen LogP contribution < -0.4 is 0 Å². The van der Waals surface area contributed by atoms with Crippen LogP contribution in [-0.2, 0) is 0 Å². The van der Waals surface area contributed by atoms with Gasteiger partial charge in [-0.1, -0.05) is 29.8 Å². The Balaban J connectivity index is 2.98. The van der Waals surface area contributed by atoms with Gasteiger partial charge in [0, 0.05) is 5.39 Å². The minimum Gasteiger partial charge on any atom is -0.235 e. The molecule has 0 fully saturated rings. The van der Waals surface area contributed by atoms with E-state index in [1.807, 2.05) is 46.9 Å². The highest BCUT2D eigenvalue weighted by atomic mass is 127. The molecule has 0 spiro atoms. The quantitative estimate of drug-likeness (QED) is 0.552. The molecular formula is C10H4ClIN2. The van der Waals surface area contributed by atoms with Gasteiger partial charge in [0.25, 0.3) is 0 Å². The number of halogens is 2. The van der Waals surface area contributed by atoms with Crippen molar-refractivity contribution >= 4 is 45.1 Å². The molecule has 0 N–H and O–H groups in total. The van der Waals surface area contributed by atoms with Gasteiger partial charge in [-0.25, -0.2) is 4.98 Å². The van der Waals surface area contributed by atoms with Gasteiger partial charge in [0.05, 0.1) is 14.7 Å². The fourth-order valence-corrected chi connectivity index (χ4v) is 1.99. The third-order valence-corrected chi connectivity index (χ3v) is 3.55. The van der Waals surface area contributed by atoms with Crippen LogP contribution in [0.25, 0.3) is 10.9 Å². The Morgan fingerprint density at radius 1 is 1.36 bits per heavy atom. The van der Waals surface area contributed by atoms with Crippen LogP contribution in [-0.4, -0.2) is 4.98 Å². The summed E-state index contributed by atoms with van der Waals surface area (Å²) in [6.45, 7) is 0. The van der Waals surface area contributed by atoms with Crippen LogP contribution >= 0.6 is 34.2 Å². The van der Waals surface area contributed by atoms with Crippen LogP contribution in [0.2, 0.25) is 5.15 Å². The largest absolute Gasteiger partial charge is 0.235 e. The van der Waals surface area contributed by atoms with Crippen LogP contribution in [0.1, 0.15) is 5.56 Å². The molecule has 0 saturated heterocycles. The Kier molecular flexibility index (Phi) is 2.57. The molecule has 2 nitrogen and oxygen atoms in total. The standard InChI is InChI=1S/C10H4ClIN2/c11-10-9(12)7(5-13)6-3-1-2-4-8(6)14-10/h1-4H. The van der Waals surface area contributed by atoms with Gasteiger partial charge in [-0.15, -0.1) is 0 Å². The first-order valence-electron chi connectivity index (χ1n) is 3.88. The molecular weight excluding hydrogens is 310 g/mol. The van der Waals surface area contributed by atoms with E-state index < -0.39 is 0 Å². The smallest absolute Gasteiger partial charge is 0.144 e. The topological polar surface area (TPSA) is 36.7 Å². The van der Waals surface area contributed by atoms with Crippen molar-refractivity contribution < 1.29 is 0 Å². The van der Waals surface area contributed by atoms with E-state index in [1.165, 1.54) is 0 Å². The number of nitriles is 1. The van der Waals surface area contributed by atoms with Crippen molar-refractivity contribution in [3.63, 3.8) is 0 Å². The highest BCUT2D eigenvalue weighted by Gasteiger charge is 2.10. The van der Waals surface area contributed by atoms with Gasteiger partial charge in [0.15, 0.2) is 0 Å². The molecule has 0 saturated carbocycles. The Morgan fingerprint density at radius 3 is 2.79 bits per heavy atom. The van der Waals surface area contributed by atoms with Crippen LogP contribution in [0.3, 0.4) is 0 Å². The summed E-state index contributed by atoms with van der Waals surface area (Å²) in [7, 11) is 0. The number of aromatic nitrogens is 1. The lowest BCUT2D eigenvalue weighted by molar-refractivity contribution is 1.36. The lowest BCUT2D eigenvalue weighted by atomic mass is 10.1. The minimum atomic E-state index is 0.390. The molecule has 1 heterocycles. The van der Waals surface area contributed by atoms with Gasteiger partial charge in [0.1, 0.15) is 11.2 Å². The number of hydrogen-bond donors (Lipinski definition) is 0. The lowest BCUT2D eigenvalue weighted by Gasteiger charge is -2.02. The van der Waals surface area contributed by atoms with E-state index in [0.717, 1.165) is 10.9 Å². The fourth-order valence-electron chi connectivity index (χ4n) is 1.27. The van der Waals surface area contributed by atoms with E-state index in [-0.39, 0.29) is 0 Å². The SMILES string of the molecule is N#Cc1c(I)c(Cl)nc2ccccc12. The van der Waals surface area contributed by atoms with Crippen molar-refractivity contribution in [1.29, 1.82) is 5.26 Å². The van der Waals surface area contributed by atoms with E-state index in [4.69, 9.17) is 16.9 Å². The van der Waals surface area contributed by atoms with E-state index in [0.29, 0.717) is 14.3 Å². The van der Waals surface area contributed by atoms with Gasteiger partial charge >= 0.3 is 0 Å². The zero-order chi connectivity index (χ0) is 10.1. The molecule has 1 aromatic carbocycles. The van der Waals surface area contributed by atoms with E-state index >= 15 is 0 Å². The maximum absolute atomic E-state index is 9.00. The first-order chi connectivity index (χ1) is 6.74. The number of hydrogen-bond acceptors (Lipinski definition) is 2. The van der Waals surface area contributed by atoms with Gasteiger partial charge in [-0.05, 0) is 28.7 Å². The second kappa shape index (κ2) is 3.71. The number of fused-ring (bicyclic) bond motifs is 1. The molecule has 1 aromatic heterocycles. The molecule has 0 atom stereocenters. The molecule has 0 amide bonds. The molecule has 2 aromatic rings. The average Bonchev–Trinajstić information content (AvgIpc) is 2.20. The summed E-state index contributed by atoms with van der Waals surface area (Å²) in [5.41, 5.74) is 1.36. The van der Waals surface area contributed by atoms with Gasteiger partial charge in [-0.3, -0.25) is 0 Å². The Hall–Kier alpha value is -0.860. The van der Waals surface area contributed by atoms with E-state index in [1.54, 1.807) is 0 Å². The number of rotatable bonds is 0. The molecule has 4 heteroatoms. The molecule has 0 unspecified atom stereocenters. The third kappa shape index (κ3) is 1.45. The molecule has 2 rings (SSSR count). The summed E-state index contributed by atoms with van der Waals surface area (Å²) < 4.78 is 0.713. The predicted molar refractivity (Wildman–Crippen MR) is 64.2 cm³/mol. The van der Waals surface area contributed by atoms with Gasteiger partial charge < -0.3 is 0 Å². The van der Waals surface area contributed by atoms with Crippen LogP contribution in [0.15, 0.2) is 24.3 Å². The zero-order valence-corrected chi connectivity index (χ0v) is 9.87. The predicted octanol–water partition coefficient (Wildman–Crippen LogP) is 3.36. The molecule has 0 bridgehead atoms. The first-order valence-corrected chi connectivity index (χ1v) is 5.33. The maximum Gasteiger partial charge on any atom is 0.144 e. The number of para-hydroxylation sites is 1. The fraction of sp³-hybridized carbons (Fsp3) is 0. The second-order valence-electron chi connectivity index (χ2n) is 2.72. The van der Waals surface area contributed by atoms with Crippen molar-refractivity contribution in [2.24, 2.45) is 0 Å². The molecule has 0 aliphatic heterocycles. The Morgan fingerprint density at radius 2 is 2.07 bits per heavy atom. The molecule has 0 aliphatic rings. The summed E-state index contributed by atoms with van der Waals surface area (Å²) in [6, 6.07) is 9.63. The number of benzene rings is 1. The van der Waals surface area contributed by atoms with Crippen LogP contribution in [0.5, 0.6) is 0 Å². The van der Waals surface area contributed by atoms with Crippen molar-refractivity contribution in [2.45, 2.75) is 0 Å². The molecule has 0 radical (unpaired) electrons. The summed E-state index contributed by atoms with van der Waals surface area (Å²) in [6.07, 6.45) is 0. The highest BCUT2D eigenvalue weighted by molar-refractivity contribution is 14.1. The summed E-state index contributed by atoms with van der Waals surface area (Å²) in [5, 5.41) is 10.2.